The zero-order valence-corrected chi connectivity index (χ0v) is 11.2. The lowest BCUT2D eigenvalue weighted by Gasteiger charge is -2.25. The third-order valence-corrected chi connectivity index (χ3v) is 4.82. The number of sulfone groups is 1. The first-order chi connectivity index (χ1) is 8.43. The Bertz CT molecular complexity index is 551. The van der Waals surface area contributed by atoms with Gasteiger partial charge < -0.3 is 4.90 Å². The van der Waals surface area contributed by atoms with Gasteiger partial charge in [0.2, 0.25) is 0 Å². The third kappa shape index (κ3) is 2.53. The SMILES string of the molecule is CCN(C(=O)c1cnn(C)n1)C1CCS(=O)(=O)C1. The first-order valence-electron chi connectivity index (χ1n) is 5.80. The molecule has 1 aliphatic rings. The maximum absolute atomic E-state index is 12.2. The van der Waals surface area contributed by atoms with Gasteiger partial charge in [-0.2, -0.15) is 9.90 Å². The summed E-state index contributed by atoms with van der Waals surface area (Å²) in [6, 6.07) is -0.241. The fourth-order valence-corrected chi connectivity index (χ4v) is 3.91. The van der Waals surface area contributed by atoms with Crippen LogP contribution < -0.4 is 0 Å². The highest BCUT2D eigenvalue weighted by Gasteiger charge is 2.34. The minimum absolute atomic E-state index is 0.0485. The second kappa shape index (κ2) is 4.68. The van der Waals surface area contributed by atoms with Crippen molar-refractivity contribution in [2.45, 2.75) is 19.4 Å². The highest BCUT2D eigenvalue weighted by Crippen LogP contribution is 2.19. The Morgan fingerprint density at radius 1 is 1.61 bits per heavy atom. The highest BCUT2D eigenvalue weighted by molar-refractivity contribution is 7.91. The first-order valence-corrected chi connectivity index (χ1v) is 7.63. The van der Waals surface area contributed by atoms with E-state index in [9.17, 15) is 13.2 Å². The molecule has 1 unspecified atom stereocenters. The molecule has 0 aromatic carbocycles. The summed E-state index contributed by atoms with van der Waals surface area (Å²) in [6.45, 7) is 2.30. The summed E-state index contributed by atoms with van der Waals surface area (Å²) in [6.07, 6.45) is 1.90. The van der Waals surface area contributed by atoms with Crippen molar-refractivity contribution in [3.8, 4) is 0 Å². The van der Waals surface area contributed by atoms with Crippen LogP contribution in [0.5, 0.6) is 0 Å². The predicted molar refractivity (Wildman–Crippen MR) is 64.8 cm³/mol. The molecule has 100 valence electrons. The quantitative estimate of drug-likeness (QED) is 0.738. The minimum Gasteiger partial charge on any atom is -0.333 e. The molecule has 0 N–H and O–H groups in total. The summed E-state index contributed by atoms with van der Waals surface area (Å²) in [5, 5.41) is 7.80. The number of amides is 1. The number of hydrogen-bond acceptors (Lipinski definition) is 5. The normalized spacial score (nSPS) is 22.0. The van der Waals surface area contributed by atoms with Crippen molar-refractivity contribution in [3.05, 3.63) is 11.9 Å². The monoisotopic (exact) mass is 272 g/mol. The van der Waals surface area contributed by atoms with Crippen molar-refractivity contribution in [3.63, 3.8) is 0 Å². The molecular formula is C10H16N4O3S. The van der Waals surface area contributed by atoms with Gasteiger partial charge in [-0.3, -0.25) is 4.79 Å². The van der Waals surface area contributed by atoms with Gasteiger partial charge in [0.15, 0.2) is 15.5 Å². The van der Waals surface area contributed by atoms with Crippen LogP contribution in [0.1, 0.15) is 23.8 Å². The summed E-state index contributed by atoms with van der Waals surface area (Å²) in [4.78, 5) is 15.1. The van der Waals surface area contributed by atoms with Crippen LogP contribution in [0.25, 0.3) is 0 Å². The maximum Gasteiger partial charge on any atom is 0.276 e. The van der Waals surface area contributed by atoms with Crippen molar-refractivity contribution in [2.75, 3.05) is 18.1 Å². The Morgan fingerprint density at radius 2 is 2.33 bits per heavy atom. The summed E-state index contributed by atoms with van der Waals surface area (Å²) < 4.78 is 22.9. The van der Waals surface area contributed by atoms with Crippen molar-refractivity contribution in [2.24, 2.45) is 7.05 Å². The summed E-state index contributed by atoms with van der Waals surface area (Å²) in [7, 11) is -1.36. The van der Waals surface area contributed by atoms with Crippen molar-refractivity contribution >= 4 is 15.7 Å². The Kier molecular flexibility index (Phi) is 3.38. The molecule has 0 aliphatic carbocycles. The molecular weight excluding hydrogens is 256 g/mol. The molecule has 0 radical (unpaired) electrons. The molecule has 1 aliphatic heterocycles. The molecule has 2 heterocycles. The standard InChI is InChI=1S/C10H16N4O3S/c1-3-14(8-4-5-18(16,17)7-8)10(15)9-6-11-13(2)12-9/h6,8H,3-5,7H2,1-2H3. The maximum atomic E-state index is 12.2. The average Bonchev–Trinajstić information content (AvgIpc) is 2.86. The molecule has 1 aromatic rings. The van der Waals surface area contributed by atoms with Crippen LogP contribution in [0.15, 0.2) is 6.20 Å². The van der Waals surface area contributed by atoms with Gasteiger partial charge in [0.25, 0.3) is 5.91 Å². The van der Waals surface area contributed by atoms with Crippen LogP contribution in [0.4, 0.5) is 0 Å². The van der Waals surface area contributed by atoms with E-state index in [-0.39, 0.29) is 29.1 Å². The van der Waals surface area contributed by atoms with E-state index in [1.165, 1.54) is 11.0 Å². The van der Waals surface area contributed by atoms with Crippen molar-refractivity contribution < 1.29 is 13.2 Å². The molecule has 1 saturated heterocycles. The number of carbonyl (C=O) groups excluding carboxylic acids is 1. The lowest BCUT2D eigenvalue weighted by molar-refractivity contribution is 0.0701. The molecule has 1 fully saturated rings. The summed E-state index contributed by atoms with van der Waals surface area (Å²) in [5.74, 6) is -0.0536. The molecule has 1 amide bonds. The van der Waals surface area contributed by atoms with Gasteiger partial charge in [-0.15, -0.1) is 5.10 Å². The van der Waals surface area contributed by atoms with E-state index in [2.05, 4.69) is 10.2 Å². The molecule has 0 bridgehead atoms. The van der Waals surface area contributed by atoms with Crippen LogP contribution >= 0.6 is 0 Å². The molecule has 2 rings (SSSR count). The minimum atomic E-state index is -3.00. The first kappa shape index (κ1) is 13.0. The second-order valence-electron chi connectivity index (χ2n) is 4.37. The number of hydrogen-bond donors (Lipinski definition) is 0. The fraction of sp³-hybridized carbons (Fsp3) is 0.700. The van der Waals surface area contributed by atoms with Gasteiger partial charge in [0, 0.05) is 19.6 Å². The predicted octanol–water partition coefficient (Wildman–Crippen LogP) is -0.536. The largest absolute Gasteiger partial charge is 0.333 e. The number of aromatic nitrogens is 3. The van der Waals surface area contributed by atoms with Crippen LogP contribution in [0.2, 0.25) is 0 Å². The molecule has 8 heteroatoms. The van der Waals surface area contributed by atoms with E-state index >= 15 is 0 Å². The lowest BCUT2D eigenvalue weighted by Crippen LogP contribution is -2.41. The topological polar surface area (TPSA) is 85.2 Å². The summed E-state index contributed by atoms with van der Waals surface area (Å²) in [5.41, 5.74) is 0.253. The summed E-state index contributed by atoms with van der Waals surface area (Å²) >= 11 is 0. The van der Waals surface area contributed by atoms with Gasteiger partial charge in [-0.1, -0.05) is 0 Å². The second-order valence-corrected chi connectivity index (χ2v) is 6.60. The molecule has 0 saturated carbocycles. The van der Waals surface area contributed by atoms with Crippen molar-refractivity contribution in [1.82, 2.24) is 19.9 Å². The molecule has 7 nitrogen and oxygen atoms in total. The zero-order valence-electron chi connectivity index (χ0n) is 10.4. The number of aryl methyl sites for hydroxylation is 1. The van der Waals surface area contributed by atoms with Gasteiger partial charge in [0.05, 0.1) is 17.7 Å². The van der Waals surface area contributed by atoms with Gasteiger partial charge in [-0.25, -0.2) is 8.42 Å². The van der Waals surface area contributed by atoms with Gasteiger partial charge in [0.1, 0.15) is 0 Å². The zero-order chi connectivity index (χ0) is 13.3. The number of rotatable bonds is 3. The lowest BCUT2D eigenvalue weighted by atomic mass is 10.2. The smallest absolute Gasteiger partial charge is 0.276 e. The Morgan fingerprint density at radius 3 is 2.78 bits per heavy atom. The fourth-order valence-electron chi connectivity index (χ4n) is 2.18. The van der Waals surface area contributed by atoms with E-state index in [4.69, 9.17) is 0 Å². The van der Waals surface area contributed by atoms with E-state index in [1.54, 1.807) is 11.9 Å². The Balaban J connectivity index is 2.17. The molecule has 1 atom stereocenters. The highest BCUT2D eigenvalue weighted by atomic mass is 32.2. The van der Waals surface area contributed by atoms with Crippen molar-refractivity contribution in [1.29, 1.82) is 0 Å². The molecule has 0 spiro atoms. The Labute approximate surface area is 106 Å². The number of carbonyl (C=O) groups is 1. The van der Waals surface area contributed by atoms with Crippen LogP contribution in [0.3, 0.4) is 0 Å². The third-order valence-electron chi connectivity index (χ3n) is 3.07. The number of nitrogens with zero attached hydrogens (tertiary/aromatic N) is 4. The van der Waals surface area contributed by atoms with Crippen LogP contribution in [-0.4, -0.2) is 58.3 Å². The van der Waals surface area contributed by atoms with E-state index in [0.717, 1.165) is 0 Å². The van der Waals surface area contributed by atoms with E-state index < -0.39 is 9.84 Å². The molecule has 1 aromatic heterocycles. The van der Waals surface area contributed by atoms with E-state index in [0.29, 0.717) is 13.0 Å². The van der Waals surface area contributed by atoms with Gasteiger partial charge >= 0.3 is 0 Å². The van der Waals surface area contributed by atoms with E-state index in [1.807, 2.05) is 6.92 Å². The average molecular weight is 272 g/mol. The van der Waals surface area contributed by atoms with Crippen LogP contribution in [0, 0.1) is 0 Å². The van der Waals surface area contributed by atoms with Crippen LogP contribution in [-0.2, 0) is 16.9 Å². The molecule has 18 heavy (non-hydrogen) atoms. The Hall–Kier alpha value is -1.44. The van der Waals surface area contributed by atoms with Gasteiger partial charge in [-0.05, 0) is 13.3 Å².